The molecule has 0 radical (unpaired) electrons. The van der Waals surface area contributed by atoms with Gasteiger partial charge in [-0.2, -0.15) is 0 Å². The number of methoxy groups -OCH3 is 1. The van der Waals surface area contributed by atoms with Gasteiger partial charge < -0.3 is 15.0 Å². The minimum absolute atomic E-state index is 0.141. The first-order chi connectivity index (χ1) is 8.81. The first-order valence-electron chi connectivity index (χ1n) is 6.32. The number of nitrogens with one attached hydrogen (secondary N) is 1. The molecular weight excluding hydrogens is 248 g/mol. The van der Waals surface area contributed by atoms with E-state index in [1.54, 1.807) is 18.4 Å². The molecule has 100 valence electrons. The van der Waals surface area contributed by atoms with Crippen molar-refractivity contribution in [3.05, 3.63) is 22.4 Å². The number of hydrogen-bond donors (Lipinski definition) is 1. The average molecular weight is 268 g/mol. The number of rotatable bonds is 6. The van der Waals surface area contributed by atoms with E-state index in [4.69, 9.17) is 4.74 Å². The van der Waals surface area contributed by atoms with Gasteiger partial charge in [0, 0.05) is 25.1 Å². The molecule has 1 amide bonds. The van der Waals surface area contributed by atoms with E-state index < -0.39 is 0 Å². The van der Waals surface area contributed by atoms with Crippen molar-refractivity contribution in [1.29, 1.82) is 0 Å². The Balaban J connectivity index is 1.96. The molecule has 0 spiro atoms. The molecule has 1 aliphatic heterocycles. The summed E-state index contributed by atoms with van der Waals surface area (Å²) in [4.78, 5) is 15.6. The summed E-state index contributed by atoms with van der Waals surface area (Å²) in [5.74, 6) is 0.396. The number of thiophene rings is 1. The summed E-state index contributed by atoms with van der Waals surface area (Å²) in [5, 5.41) is 5.29. The van der Waals surface area contributed by atoms with Crippen LogP contribution in [0.2, 0.25) is 0 Å². The molecule has 1 fully saturated rings. The van der Waals surface area contributed by atoms with Gasteiger partial charge in [0.1, 0.15) is 0 Å². The second-order valence-electron chi connectivity index (χ2n) is 4.52. The predicted molar refractivity (Wildman–Crippen MR) is 72.6 cm³/mol. The molecule has 1 atom stereocenters. The van der Waals surface area contributed by atoms with Crippen molar-refractivity contribution in [3.8, 4) is 0 Å². The molecule has 0 aromatic carbocycles. The highest BCUT2D eigenvalue weighted by atomic mass is 32.1. The molecule has 1 N–H and O–H groups in total. The Kier molecular flexibility index (Phi) is 5.16. The van der Waals surface area contributed by atoms with Gasteiger partial charge in [-0.05, 0) is 24.4 Å². The van der Waals surface area contributed by atoms with E-state index in [1.165, 1.54) is 4.88 Å². The van der Waals surface area contributed by atoms with Gasteiger partial charge in [-0.15, -0.1) is 11.3 Å². The maximum absolute atomic E-state index is 12.4. The topological polar surface area (TPSA) is 41.6 Å². The van der Waals surface area contributed by atoms with E-state index >= 15 is 0 Å². The number of nitrogens with zero attached hydrogens (tertiary/aromatic N) is 1. The first kappa shape index (κ1) is 13.5. The summed E-state index contributed by atoms with van der Waals surface area (Å²) in [6.45, 7) is 3.73. The van der Waals surface area contributed by atoms with Gasteiger partial charge in [-0.1, -0.05) is 6.07 Å². The van der Waals surface area contributed by atoms with E-state index in [2.05, 4.69) is 11.4 Å². The Morgan fingerprint density at radius 3 is 3.17 bits per heavy atom. The van der Waals surface area contributed by atoms with Crippen LogP contribution in [0.25, 0.3) is 0 Å². The Bertz CT molecular complexity index is 361. The first-order valence-corrected chi connectivity index (χ1v) is 7.20. The largest absolute Gasteiger partial charge is 0.383 e. The van der Waals surface area contributed by atoms with Crippen molar-refractivity contribution in [2.45, 2.75) is 13.0 Å². The number of ether oxygens (including phenoxy) is 1. The summed E-state index contributed by atoms with van der Waals surface area (Å²) in [6, 6.07) is 4.10. The van der Waals surface area contributed by atoms with Crippen molar-refractivity contribution < 1.29 is 9.53 Å². The minimum Gasteiger partial charge on any atom is -0.383 e. The molecule has 1 aromatic rings. The highest BCUT2D eigenvalue weighted by molar-refractivity contribution is 7.09. The molecule has 4 nitrogen and oxygen atoms in total. The molecule has 1 aliphatic rings. The SMILES string of the molecule is COCCN(Cc1cccs1)C(=O)C1CCNC1. The molecule has 0 aliphatic carbocycles. The van der Waals surface area contributed by atoms with E-state index in [-0.39, 0.29) is 11.8 Å². The van der Waals surface area contributed by atoms with Crippen molar-refractivity contribution in [2.75, 3.05) is 33.4 Å². The molecule has 0 saturated carbocycles. The standard InChI is InChI=1S/C13H20N2O2S/c1-17-7-6-15(10-12-3-2-8-18-12)13(16)11-4-5-14-9-11/h2-3,8,11,14H,4-7,9-10H2,1H3. The third-order valence-electron chi connectivity index (χ3n) is 3.21. The predicted octanol–water partition coefficient (Wildman–Crippen LogP) is 1.33. The highest BCUT2D eigenvalue weighted by Crippen LogP contribution is 2.16. The summed E-state index contributed by atoms with van der Waals surface area (Å²) in [5.41, 5.74) is 0. The summed E-state index contributed by atoms with van der Waals surface area (Å²) in [6.07, 6.45) is 0.951. The quantitative estimate of drug-likeness (QED) is 0.846. The normalized spacial score (nSPS) is 19.1. The van der Waals surface area contributed by atoms with E-state index in [0.717, 1.165) is 19.5 Å². The Morgan fingerprint density at radius 1 is 1.67 bits per heavy atom. The molecule has 0 bridgehead atoms. The average Bonchev–Trinajstić information content (AvgIpc) is 3.06. The fourth-order valence-electron chi connectivity index (χ4n) is 2.18. The number of carbonyl (C=O) groups is 1. The van der Waals surface area contributed by atoms with Crippen LogP contribution in [-0.2, 0) is 16.1 Å². The van der Waals surface area contributed by atoms with Crippen LogP contribution in [0.3, 0.4) is 0 Å². The van der Waals surface area contributed by atoms with Gasteiger partial charge in [-0.3, -0.25) is 4.79 Å². The van der Waals surface area contributed by atoms with Crippen molar-refractivity contribution in [3.63, 3.8) is 0 Å². The van der Waals surface area contributed by atoms with Crippen LogP contribution in [-0.4, -0.2) is 44.2 Å². The fraction of sp³-hybridized carbons (Fsp3) is 0.615. The summed E-state index contributed by atoms with van der Waals surface area (Å²) < 4.78 is 5.10. The van der Waals surface area contributed by atoms with Crippen molar-refractivity contribution in [1.82, 2.24) is 10.2 Å². The molecule has 1 aromatic heterocycles. The van der Waals surface area contributed by atoms with Gasteiger partial charge >= 0.3 is 0 Å². The smallest absolute Gasteiger partial charge is 0.227 e. The lowest BCUT2D eigenvalue weighted by atomic mass is 10.1. The molecule has 1 unspecified atom stereocenters. The lowest BCUT2D eigenvalue weighted by molar-refractivity contribution is -0.136. The van der Waals surface area contributed by atoms with Gasteiger partial charge in [0.25, 0.3) is 0 Å². The van der Waals surface area contributed by atoms with Crippen molar-refractivity contribution in [2.24, 2.45) is 5.92 Å². The molecule has 18 heavy (non-hydrogen) atoms. The Labute approximate surface area is 112 Å². The Morgan fingerprint density at radius 2 is 2.56 bits per heavy atom. The highest BCUT2D eigenvalue weighted by Gasteiger charge is 2.27. The lowest BCUT2D eigenvalue weighted by Crippen LogP contribution is -2.38. The van der Waals surface area contributed by atoms with Crippen LogP contribution in [0, 0.1) is 5.92 Å². The molecule has 5 heteroatoms. The monoisotopic (exact) mass is 268 g/mol. The maximum Gasteiger partial charge on any atom is 0.227 e. The fourth-order valence-corrected chi connectivity index (χ4v) is 2.90. The van der Waals surface area contributed by atoms with Crippen LogP contribution in [0.15, 0.2) is 17.5 Å². The zero-order chi connectivity index (χ0) is 12.8. The van der Waals surface area contributed by atoms with E-state index in [0.29, 0.717) is 19.7 Å². The van der Waals surface area contributed by atoms with Crippen LogP contribution >= 0.6 is 11.3 Å². The summed E-state index contributed by atoms with van der Waals surface area (Å²) >= 11 is 1.69. The van der Waals surface area contributed by atoms with Gasteiger partial charge in [0.15, 0.2) is 0 Å². The maximum atomic E-state index is 12.4. The third kappa shape index (κ3) is 3.54. The number of carbonyl (C=O) groups excluding carboxylic acids is 1. The second kappa shape index (κ2) is 6.87. The second-order valence-corrected chi connectivity index (χ2v) is 5.55. The lowest BCUT2D eigenvalue weighted by Gasteiger charge is -2.24. The van der Waals surface area contributed by atoms with Gasteiger partial charge in [-0.25, -0.2) is 0 Å². The molecular formula is C13H20N2O2S. The van der Waals surface area contributed by atoms with Gasteiger partial charge in [0.2, 0.25) is 5.91 Å². The molecule has 2 heterocycles. The van der Waals surface area contributed by atoms with Crippen molar-refractivity contribution >= 4 is 17.2 Å². The molecule has 1 saturated heterocycles. The van der Waals surface area contributed by atoms with Crippen LogP contribution < -0.4 is 5.32 Å². The van der Waals surface area contributed by atoms with Crippen LogP contribution in [0.4, 0.5) is 0 Å². The Hall–Kier alpha value is -0.910. The third-order valence-corrected chi connectivity index (χ3v) is 4.07. The van der Waals surface area contributed by atoms with E-state index in [1.807, 2.05) is 16.3 Å². The molecule has 2 rings (SSSR count). The number of amides is 1. The minimum atomic E-state index is 0.141. The van der Waals surface area contributed by atoms with Crippen LogP contribution in [0.1, 0.15) is 11.3 Å². The van der Waals surface area contributed by atoms with Crippen LogP contribution in [0.5, 0.6) is 0 Å². The zero-order valence-electron chi connectivity index (χ0n) is 10.7. The zero-order valence-corrected chi connectivity index (χ0v) is 11.5. The van der Waals surface area contributed by atoms with E-state index in [9.17, 15) is 4.79 Å². The van der Waals surface area contributed by atoms with Gasteiger partial charge in [0.05, 0.1) is 19.1 Å². The number of hydrogen-bond acceptors (Lipinski definition) is 4. The summed E-state index contributed by atoms with van der Waals surface area (Å²) in [7, 11) is 1.67.